The van der Waals surface area contributed by atoms with E-state index in [4.69, 9.17) is 0 Å². The summed E-state index contributed by atoms with van der Waals surface area (Å²) < 4.78 is 0. The van der Waals surface area contributed by atoms with Crippen molar-refractivity contribution in [3.05, 3.63) is 18.3 Å². The van der Waals surface area contributed by atoms with Crippen molar-refractivity contribution < 1.29 is 9.59 Å². The molecule has 1 aromatic heterocycles. The number of hydrogen-bond donors (Lipinski definition) is 2. The van der Waals surface area contributed by atoms with Gasteiger partial charge >= 0.3 is 6.03 Å². The van der Waals surface area contributed by atoms with Crippen LogP contribution in [0.15, 0.2) is 23.3 Å². The Bertz CT molecular complexity index is 552. The summed E-state index contributed by atoms with van der Waals surface area (Å²) in [4.78, 5) is 34.2. The highest BCUT2D eigenvalue weighted by atomic mass is 16.2. The largest absolute Gasteiger partial charge is 0.363 e. The molecule has 0 aliphatic carbocycles. The molecule has 2 rings (SSSR count). The monoisotopic (exact) mass is 276 g/mol. The van der Waals surface area contributed by atoms with Crippen LogP contribution in [0.25, 0.3) is 0 Å². The van der Waals surface area contributed by atoms with Gasteiger partial charge in [-0.1, -0.05) is 0 Å². The van der Waals surface area contributed by atoms with Gasteiger partial charge in [-0.3, -0.25) is 10.1 Å². The van der Waals surface area contributed by atoms with Gasteiger partial charge in [-0.25, -0.2) is 9.78 Å². The summed E-state index contributed by atoms with van der Waals surface area (Å²) in [7, 11) is 5.44. The number of aromatic nitrogens is 1. The molecular formula is C12H16N6O2. The van der Waals surface area contributed by atoms with Crippen LogP contribution in [-0.2, 0) is 4.79 Å². The third-order valence-corrected chi connectivity index (χ3v) is 2.66. The topological polar surface area (TPSA) is 89.9 Å². The van der Waals surface area contributed by atoms with E-state index in [2.05, 4.69) is 20.6 Å². The number of anilines is 2. The number of guanidine groups is 1. The molecule has 2 N–H and O–H groups in total. The van der Waals surface area contributed by atoms with E-state index in [0.717, 1.165) is 5.82 Å². The summed E-state index contributed by atoms with van der Waals surface area (Å²) in [5, 5.41) is 5.08. The van der Waals surface area contributed by atoms with Gasteiger partial charge in [-0.2, -0.15) is 4.99 Å². The molecule has 1 fully saturated rings. The van der Waals surface area contributed by atoms with Crippen LogP contribution in [0.2, 0.25) is 0 Å². The zero-order chi connectivity index (χ0) is 14.7. The molecule has 0 saturated carbocycles. The molecule has 8 nitrogen and oxygen atoms in total. The van der Waals surface area contributed by atoms with Gasteiger partial charge in [-0.05, 0) is 12.1 Å². The third-order valence-electron chi connectivity index (χ3n) is 2.66. The number of nitrogens with zero attached hydrogens (tertiary/aromatic N) is 4. The molecule has 1 aliphatic heterocycles. The van der Waals surface area contributed by atoms with Crippen LogP contribution >= 0.6 is 0 Å². The Balaban J connectivity index is 2.01. The molecule has 1 saturated heterocycles. The normalized spacial score (nSPS) is 16.2. The first-order chi connectivity index (χ1) is 9.45. The van der Waals surface area contributed by atoms with Crippen LogP contribution in [0.5, 0.6) is 0 Å². The van der Waals surface area contributed by atoms with Crippen molar-refractivity contribution in [1.29, 1.82) is 0 Å². The third kappa shape index (κ3) is 3.22. The summed E-state index contributed by atoms with van der Waals surface area (Å²) in [6.07, 6.45) is 1.55. The van der Waals surface area contributed by atoms with Gasteiger partial charge in [0.05, 0.1) is 18.4 Å². The van der Waals surface area contributed by atoms with E-state index < -0.39 is 6.03 Å². The molecule has 3 amide bonds. The Kier molecular flexibility index (Phi) is 3.83. The summed E-state index contributed by atoms with van der Waals surface area (Å²) in [5.74, 6) is 0.846. The lowest BCUT2D eigenvalue weighted by Crippen LogP contribution is -2.29. The molecule has 0 unspecified atom stereocenters. The maximum atomic E-state index is 11.7. The number of amides is 3. The molecular weight excluding hydrogens is 260 g/mol. The van der Waals surface area contributed by atoms with Crippen molar-refractivity contribution >= 4 is 29.4 Å². The Labute approximate surface area is 116 Å². The van der Waals surface area contributed by atoms with Crippen molar-refractivity contribution in [2.24, 2.45) is 4.99 Å². The average molecular weight is 276 g/mol. The first-order valence-electron chi connectivity index (χ1n) is 6.00. The number of pyridine rings is 1. The van der Waals surface area contributed by atoms with Crippen LogP contribution in [0.4, 0.5) is 16.3 Å². The number of nitrogens with one attached hydrogen (secondary N) is 2. The summed E-state index contributed by atoms with van der Waals surface area (Å²) >= 11 is 0. The predicted molar refractivity (Wildman–Crippen MR) is 75.8 cm³/mol. The molecule has 0 atom stereocenters. The van der Waals surface area contributed by atoms with Crippen molar-refractivity contribution in [3.8, 4) is 0 Å². The van der Waals surface area contributed by atoms with Gasteiger partial charge in [0.25, 0.3) is 0 Å². The second-order valence-electron chi connectivity index (χ2n) is 4.57. The van der Waals surface area contributed by atoms with Crippen molar-refractivity contribution in [3.63, 3.8) is 0 Å². The second kappa shape index (κ2) is 5.55. The fourth-order valence-corrected chi connectivity index (χ4v) is 1.64. The first-order valence-corrected chi connectivity index (χ1v) is 6.00. The van der Waals surface area contributed by atoms with Crippen LogP contribution in [0, 0.1) is 0 Å². The van der Waals surface area contributed by atoms with Gasteiger partial charge in [0.2, 0.25) is 11.9 Å². The SMILES string of the molecule is CN1CC(=O)NC1=NC(=O)Nc1ccc(N(C)C)nc1. The van der Waals surface area contributed by atoms with E-state index in [9.17, 15) is 9.59 Å². The summed E-state index contributed by atoms with van der Waals surface area (Å²) in [6, 6.07) is 2.96. The van der Waals surface area contributed by atoms with Gasteiger partial charge in [0.1, 0.15) is 5.82 Å². The molecule has 2 heterocycles. The van der Waals surface area contributed by atoms with Crippen LogP contribution in [0.1, 0.15) is 0 Å². The molecule has 0 aromatic carbocycles. The van der Waals surface area contributed by atoms with Crippen LogP contribution in [0.3, 0.4) is 0 Å². The highest BCUT2D eigenvalue weighted by molar-refractivity contribution is 6.09. The van der Waals surface area contributed by atoms with Crippen LogP contribution in [-0.4, -0.2) is 55.5 Å². The molecule has 8 heteroatoms. The second-order valence-corrected chi connectivity index (χ2v) is 4.57. The van der Waals surface area contributed by atoms with Crippen molar-refractivity contribution in [2.75, 3.05) is 37.9 Å². The van der Waals surface area contributed by atoms with Crippen molar-refractivity contribution in [1.82, 2.24) is 15.2 Å². The van der Waals surface area contributed by atoms with E-state index in [-0.39, 0.29) is 18.4 Å². The zero-order valence-corrected chi connectivity index (χ0v) is 11.5. The quantitative estimate of drug-likeness (QED) is 0.799. The molecule has 0 radical (unpaired) electrons. The highest BCUT2D eigenvalue weighted by Gasteiger charge is 2.22. The molecule has 1 aromatic rings. The molecule has 1 aliphatic rings. The van der Waals surface area contributed by atoms with E-state index in [1.807, 2.05) is 19.0 Å². The number of hydrogen-bond acceptors (Lipinski definition) is 4. The van der Waals surface area contributed by atoms with E-state index in [0.29, 0.717) is 5.69 Å². The minimum atomic E-state index is -0.562. The standard InChI is InChI=1S/C12H16N6O2/c1-17(2)9-5-4-8(6-13-9)14-12(20)16-11-15-10(19)7-18(11)3/h4-6H,7H2,1-3H3,(H2,14,15,16,19,20). The number of rotatable bonds is 2. The zero-order valence-electron chi connectivity index (χ0n) is 11.5. The lowest BCUT2D eigenvalue weighted by molar-refractivity contribution is -0.118. The number of aliphatic imine (C=N–C) groups is 1. The average Bonchev–Trinajstić information content (AvgIpc) is 2.68. The highest BCUT2D eigenvalue weighted by Crippen LogP contribution is 2.11. The fraction of sp³-hybridized carbons (Fsp3) is 0.333. The molecule has 106 valence electrons. The fourth-order valence-electron chi connectivity index (χ4n) is 1.64. The van der Waals surface area contributed by atoms with E-state index in [1.165, 1.54) is 0 Å². The summed E-state index contributed by atoms with van der Waals surface area (Å²) in [6.45, 7) is 0.200. The minimum absolute atomic E-state index is 0.184. The van der Waals surface area contributed by atoms with Crippen LogP contribution < -0.4 is 15.5 Å². The Hall–Kier alpha value is -2.64. The maximum Gasteiger partial charge on any atom is 0.348 e. The maximum absolute atomic E-state index is 11.7. The first kappa shape index (κ1) is 13.8. The van der Waals surface area contributed by atoms with Crippen molar-refractivity contribution in [2.45, 2.75) is 0 Å². The molecule has 0 bridgehead atoms. The molecule has 20 heavy (non-hydrogen) atoms. The van der Waals surface area contributed by atoms with Gasteiger partial charge in [-0.15, -0.1) is 0 Å². The number of urea groups is 1. The Morgan fingerprint density at radius 3 is 2.75 bits per heavy atom. The number of carbonyl (C=O) groups excluding carboxylic acids is 2. The lowest BCUT2D eigenvalue weighted by Gasteiger charge is -2.11. The number of likely N-dealkylation sites (N-methyl/N-ethyl adjacent to an activating group) is 1. The smallest absolute Gasteiger partial charge is 0.348 e. The minimum Gasteiger partial charge on any atom is -0.363 e. The Morgan fingerprint density at radius 2 is 2.25 bits per heavy atom. The predicted octanol–water partition coefficient (Wildman–Crippen LogP) is 0.0971. The van der Waals surface area contributed by atoms with E-state index in [1.54, 1.807) is 30.3 Å². The van der Waals surface area contributed by atoms with Gasteiger partial charge in [0.15, 0.2) is 0 Å². The lowest BCUT2D eigenvalue weighted by atomic mass is 10.4. The Morgan fingerprint density at radius 1 is 1.50 bits per heavy atom. The van der Waals surface area contributed by atoms with E-state index >= 15 is 0 Å². The van der Waals surface area contributed by atoms with Gasteiger partial charge < -0.3 is 15.1 Å². The van der Waals surface area contributed by atoms with Gasteiger partial charge in [0, 0.05) is 21.1 Å². The number of carbonyl (C=O) groups is 2. The molecule has 0 spiro atoms. The summed E-state index contributed by atoms with van der Waals surface area (Å²) in [5.41, 5.74) is 0.539.